The minimum atomic E-state index is -0.676. The lowest BCUT2D eigenvalue weighted by molar-refractivity contribution is -0.126. The second-order valence-electron chi connectivity index (χ2n) is 5.94. The summed E-state index contributed by atoms with van der Waals surface area (Å²) in [6.45, 7) is 3.00. The number of rotatable bonds is 4. The van der Waals surface area contributed by atoms with Crippen molar-refractivity contribution >= 4 is 23.2 Å². The molecule has 0 bridgehead atoms. The number of carbonyl (C=O) groups excluding carboxylic acids is 2. The van der Waals surface area contributed by atoms with Gasteiger partial charge in [-0.05, 0) is 56.3 Å². The molecule has 24 heavy (non-hydrogen) atoms. The highest BCUT2D eigenvalue weighted by molar-refractivity contribution is 5.97. The van der Waals surface area contributed by atoms with Crippen molar-refractivity contribution in [2.75, 3.05) is 23.7 Å². The quantitative estimate of drug-likeness (QED) is 0.795. The van der Waals surface area contributed by atoms with Crippen LogP contribution in [0.2, 0.25) is 0 Å². The lowest BCUT2D eigenvalue weighted by atomic mass is 9.87. The van der Waals surface area contributed by atoms with Crippen LogP contribution in [-0.4, -0.2) is 34.7 Å². The highest BCUT2D eigenvalue weighted by Gasteiger charge is 2.41. The first kappa shape index (κ1) is 16.2. The molecule has 0 unspecified atom stereocenters. The van der Waals surface area contributed by atoms with Crippen LogP contribution in [0.4, 0.5) is 11.4 Å². The van der Waals surface area contributed by atoms with Gasteiger partial charge in [-0.1, -0.05) is 0 Å². The fraction of sp³-hybridized carbons (Fsp3) is 0.353. The molecule has 0 saturated carbocycles. The van der Waals surface area contributed by atoms with E-state index in [9.17, 15) is 9.59 Å². The molecule has 3 N–H and O–H groups in total. The Kier molecular flexibility index (Phi) is 4.61. The molecule has 1 saturated heterocycles. The molecular weight excluding hydrogens is 306 g/mol. The monoisotopic (exact) mass is 327 g/mol. The van der Waals surface area contributed by atoms with Crippen molar-refractivity contribution in [3.8, 4) is 0 Å². The van der Waals surface area contributed by atoms with E-state index in [0.717, 1.165) is 13.1 Å². The third kappa shape index (κ3) is 3.30. The Morgan fingerprint density at radius 2 is 1.75 bits per heavy atom. The minimum Gasteiger partial charge on any atom is -0.326 e. The van der Waals surface area contributed by atoms with Gasteiger partial charge in [0.15, 0.2) is 0 Å². The molecule has 2 amide bonds. The Labute approximate surface area is 140 Å². The van der Waals surface area contributed by atoms with Gasteiger partial charge in [0.1, 0.15) is 5.54 Å². The van der Waals surface area contributed by atoms with Crippen molar-refractivity contribution in [1.82, 2.24) is 15.1 Å². The van der Waals surface area contributed by atoms with Crippen LogP contribution in [0.5, 0.6) is 0 Å². The van der Waals surface area contributed by atoms with Gasteiger partial charge in [-0.15, -0.1) is 0 Å². The molecule has 1 fully saturated rings. The van der Waals surface area contributed by atoms with E-state index >= 15 is 0 Å². The van der Waals surface area contributed by atoms with Crippen LogP contribution in [0, 0.1) is 0 Å². The average Bonchev–Trinajstić information content (AvgIpc) is 3.12. The molecule has 2 heterocycles. The van der Waals surface area contributed by atoms with Crippen molar-refractivity contribution in [3.05, 3.63) is 42.7 Å². The zero-order valence-electron chi connectivity index (χ0n) is 13.6. The first-order valence-corrected chi connectivity index (χ1v) is 8.00. The predicted octanol–water partition coefficient (Wildman–Crippen LogP) is 1.56. The maximum Gasteiger partial charge on any atom is 0.252 e. The summed E-state index contributed by atoms with van der Waals surface area (Å²) in [4.78, 5) is 24.0. The summed E-state index contributed by atoms with van der Waals surface area (Å²) in [5, 5.41) is 13.3. The van der Waals surface area contributed by atoms with E-state index < -0.39 is 5.54 Å². The van der Waals surface area contributed by atoms with Gasteiger partial charge in [0.05, 0.1) is 0 Å². The third-order valence-electron chi connectivity index (χ3n) is 4.26. The van der Waals surface area contributed by atoms with Crippen molar-refractivity contribution in [1.29, 1.82) is 0 Å². The molecule has 1 aromatic heterocycles. The normalized spacial score (nSPS) is 16.4. The van der Waals surface area contributed by atoms with Crippen molar-refractivity contribution in [3.63, 3.8) is 0 Å². The maximum absolute atomic E-state index is 13.0. The summed E-state index contributed by atoms with van der Waals surface area (Å²) in [6.07, 6.45) is 4.90. The van der Waals surface area contributed by atoms with Gasteiger partial charge in [0, 0.05) is 30.7 Å². The summed E-state index contributed by atoms with van der Waals surface area (Å²) in [7, 11) is 0. The highest BCUT2D eigenvalue weighted by atomic mass is 16.2. The van der Waals surface area contributed by atoms with Crippen LogP contribution in [0.15, 0.2) is 42.7 Å². The van der Waals surface area contributed by atoms with Gasteiger partial charge in [-0.25, -0.2) is 0 Å². The molecule has 7 heteroatoms. The molecule has 1 aliphatic rings. The van der Waals surface area contributed by atoms with Gasteiger partial charge >= 0.3 is 0 Å². The molecule has 0 atom stereocenters. The van der Waals surface area contributed by atoms with Crippen molar-refractivity contribution in [2.24, 2.45) is 0 Å². The molecular formula is C17H21N5O2. The second kappa shape index (κ2) is 6.84. The van der Waals surface area contributed by atoms with Gasteiger partial charge in [0.25, 0.3) is 5.91 Å². The van der Waals surface area contributed by atoms with Crippen LogP contribution in [0.3, 0.4) is 0 Å². The van der Waals surface area contributed by atoms with Crippen LogP contribution in [0.1, 0.15) is 19.8 Å². The summed E-state index contributed by atoms with van der Waals surface area (Å²) in [5.41, 5.74) is 0.716. The molecule has 0 aliphatic carbocycles. The highest BCUT2D eigenvalue weighted by Crippen LogP contribution is 2.29. The summed E-state index contributed by atoms with van der Waals surface area (Å²) < 4.78 is 1.76. The van der Waals surface area contributed by atoms with Gasteiger partial charge in [-0.3, -0.25) is 14.3 Å². The summed E-state index contributed by atoms with van der Waals surface area (Å²) in [5.74, 6) is -0.195. The summed E-state index contributed by atoms with van der Waals surface area (Å²) in [6, 6.07) is 8.92. The number of piperidine rings is 1. The number of nitrogens with one attached hydrogen (secondary N) is 3. The standard InChI is InChI=1S/C17H21N5O2/c1-13(23)20-14-3-5-15(6-4-14)21-16(24)17(7-10-18-11-8-17)22-12-2-9-19-22/h2-6,9,12,18H,7-8,10-11H2,1H3,(H,20,23)(H,21,24). The third-order valence-corrected chi connectivity index (χ3v) is 4.26. The van der Waals surface area contributed by atoms with Crippen molar-refractivity contribution < 1.29 is 9.59 Å². The second-order valence-corrected chi connectivity index (χ2v) is 5.94. The zero-order valence-corrected chi connectivity index (χ0v) is 13.6. The van der Waals surface area contributed by atoms with E-state index in [1.807, 2.05) is 12.3 Å². The van der Waals surface area contributed by atoms with Crippen LogP contribution < -0.4 is 16.0 Å². The fourth-order valence-corrected chi connectivity index (χ4v) is 3.01. The maximum atomic E-state index is 13.0. The van der Waals surface area contributed by atoms with E-state index in [1.165, 1.54) is 6.92 Å². The van der Waals surface area contributed by atoms with Crippen molar-refractivity contribution in [2.45, 2.75) is 25.3 Å². The molecule has 1 aromatic carbocycles. The van der Waals surface area contributed by atoms with Crippen LogP contribution in [-0.2, 0) is 15.1 Å². The van der Waals surface area contributed by atoms with Gasteiger partial charge in [0.2, 0.25) is 5.91 Å². The zero-order chi connectivity index (χ0) is 17.0. The molecule has 2 aromatic rings. The minimum absolute atomic E-state index is 0.0695. The number of aromatic nitrogens is 2. The Morgan fingerprint density at radius 3 is 2.29 bits per heavy atom. The first-order chi connectivity index (χ1) is 11.6. The Balaban J connectivity index is 1.77. The molecule has 7 nitrogen and oxygen atoms in total. The summed E-state index contributed by atoms with van der Waals surface area (Å²) >= 11 is 0. The molecule has 126 valence electrons. The number of anilines is 2. The Hall–Kier alpha value is -2.67. The molecule has 3 rings (SSSR count). The van der Waals surface area contributed by atoms with E-state index in [4.69, 9.17) is 0 Å². The molecule has 1 aliphatic heterocycles. The lowest BCUT2D eigenvalue weighted by Gasteiger charge is -2.36. The largest absolute Gasteiger partial charge is 0.326 e. The number of benzene rings is 1. The average molecular weight is 327 g/mol. The fourth-order valence-electron chi connectivity index (χ4n) is 3.01. The molecule has 0 radical (unpaired) electrons. The topological polar surface area (TPSA) is 88.1 Å². The predicted molar refractivity (Wildman–Crippen MR) is 91.7 cm³/mol. The Bertz CT molecular complexity index is 703. The van der Waals surface area contributed by atoms with E-state index in [1.54, 1.807) is 35.1 Å². The van der Waals surface area contributed by atoms with Gasteiger partial charge < -0.3 is 16.0 Å². The number of nitrogens with zero attached hydrogens (tertiary/aromatic N) is 2. The van der Waals surface area contributed by atoms with Crippen LogP contribution >= 0.6 is 0 Å². The van der Waals surface area contributed by atoms with E-state index in [0.29, 0.717) is 24.2 Å². The smallest absolute Gasteiger partial charge is 0.252 e. The number of hydrogen-bond acceptors (Lipinski definition) is 4. The number of hydrogen-bond donors (Lipinski definition) is 3. The van der Waals surface area contributed by atoms with Gasteiger partial charge in [-0.2, -0.15) is 5.10 Å². The SMILES string of the molecule is CC(=O)Nc1ccc(NC(=O)C2(n3cccn3)CCNCC2)cc1. The number of carbonyl (C=O) groups is 2. The molecule has 0 spiro atoms. The van der Waals surface area contributed by atoms with E-state index in [-0.39, 0.29) is 11.8 Å². The first-order valence-electron chi connectivity index (χ1n) is 8.00. The van der Waals surface area contributed by atoms with E-state index in [2.05, 4.69) is 21.0 Å². The van der Waals surface area contributed by atoms with Crippen LogP contribution in [0.25, 0.3) is 0 Å². The Morgan fingerprint density at radius 1 is 1.12 bits per heavy atom. The lowest BCUT2D eigenvalue weighted by Crippen LogP contribution is -2.52. The number of amides is 2.